The van der Waals surface area contributed by atoms with E-state index in [-0.39, 0.29) is 11.9 Å². The largest absolute Gasteiger partial charge is 0.373 e. The van der Waals surface area contributed by atoms with Gasteiger partial charge in [-0.05, 0) is 5.92 Å². The van der Waals surface area contributed by atoms with Crippen molar-refractivity contribution in [3.63, 3.8) is 0 Å². The number of hydrogen-bond donors (Lipinski definition) is 1. The van der Waals surface area contributed by atoms with Gasteiger partial charge in [0.1, 0.15) is 0 Å². The Morgan fingerprint density at radius 2 is 2.09 bits per heavy atom. The molecule has 0 aliphatic rings. The van der Waals surface area contributed by atoms with E-state index >= 15 is 0 Å². The van der Waals surface area contributed by atoms with Crippen molar-refractivity contribution in [3.05, 3.63) is 0 Å². The minimum Gasteiger partial charge on any atom is -0.373 e. The van der Waals surface area contributed by atoms with E-state index in [1.165, 1.54) is 0 Å². The molecule has 0 spiro atoms. The highest BCUT2D eigenvalue weighted by atomic mass is 16.7. The van der Waals surface area contributed by atoms with Crippen LogP contribution in [-0.4, -0.2) is 5.97 Å². The SMILES string of the molecule is CCCC(C)C(C)C(=O)ON. The van der Waals surface area contributed by atoms with Crippen molar-refractivity contribution in [1.29, 1.82) is 0 Å². The number of nitrogens with two attached hydrogens (primary N) is 1. The Morgan fingerprint density at radius 3 is 2.45 bits per heavy atom. The molecule has 0 rings (SSSR count). The minimum atomic E-state index is -0.314. The van der Waals surface area contributed by atoms with E-state index in [9.17, 15) is 4.79 Å². The minimum absolute atomic E-state index is 0.0834. The van der Waals surface area contributed by atoms with Crippen molar-refractivity contribution in [2.24, 2.45) is 17.7 Å². The first-order valence-corrected chi connectivity index (χ1v) is 4.04. The monoisotopic (exact) mass is 159 g/mol. The van der Waals surface area contributed by atoms with Gasteiger partial charge in [-0.25, -0.2) is 0 Å². The van der Waals surface area contributed by atoms with Crippen molar-refractivity contribution < 1.29 is 9.63 Å². The summed E-state index contributed by atoms with van der Waals surface area (Å²) in [6.45, 7) is 5.97. The average molecular weight is 159 g/mol. The van der Waals surface area contributed by atoms with Crippen LogP contribution in [0, 0.1) is 11.8 Å². The summed E-state index contributed by atoms with van der Waals surface area (Å²) in [5.41, 5.74) is 0. The number of carbonyl (C=O) groups excluding carboxylic acids is 1. The van der Waals surface area contributed by atoms with Crippen LogP contribution < -0.4 is 5.90 Å². The van der Waals surface area contributed by atoms with E-state index in [0.717, 1.165) is 12.8 Å². The predicted molar refractivity (Wildman–Crippen MR) is 43.5 cm³/mol. The molecule has 0 saturated heterocycles. The molecule has 0 aliphatic carbocycles. The molecule has 0 amide bonds. The van der Waals surface area contributed by atoms with Gasteiger partial charge < -0.3 is 4.84 Å². The third kappa shape index (κ3) is 3.37. The molecule has 2 unspecified atom stereocenters. The summed E-state index contributed by atoms with van der Waals surface area (Å²) < 4.78 is 0. The highest BCUT2D eigenvalue weighted by Gasteiger charge is 2.19. The summed E-state index contributed by atoms with van der Waals surface area (Å²) in [6, 6.07) is 0. The first kappa shape index (κ1) is 10.4. The van der Waals surface area contributed by atoms with Crippen molar-refractivity contribution in [1.82, 2.24) is 0 Å². The molecule has 0 aliphatic heterocycles. The third-order valence-electron chi connectivity index (χ3n) is 2.09. The van der Waals surface area contributed by atoms with Gasteiger partial charge in [0.25, 0.3) is 0 Å². The van der Waals surface area contributed by atoms with Crippen molar-refractivity contribution in [2.45, 2.75) is 33.6 Å². The molecule has 0 aromatic rings. The Labute approximate surface area is 67.9 Å². The molecule has 2 N–H and O–H groups in total. The Morgan fingerprint density at radius 1 is 1.55 bits per heavy atom. The fourth-order valence-electron chi connectivity index (χ4n) is 1.04. The zero-order valence-corrected chi connectivity index (χ0v) is 7.46. The summed E-state index contributed by atoms with van der Waals surface area (Å²) in [5.74, 6) is 4.72. The lowest BCUT2D eigenvalue weighted by Gasteiger charge is -2.15. The lowest BCUT2D eigenvalue weighted by Crippen LogP contribution is -2.23. The van der Waals surface area contributed by atoms with Crippen LogP contribution in [0.4, 0.5) is 0 Å². The molecular weight excluding hydrogens is 142 g/mol. The van der Waals surface area contributed by atoms with Crippen molar-refractivity contribution >= 4 is 5.97 Å². The molecule has 66 valence electrons. The molecular formula is C8H17NO2. The van der Waals surface area contributed by atoms with Crippen molar-refractivity contribution in [2.75, 3.05) is 0 Å². The van der Waals surface area contributed by atoms with Gasteiger partial charge in [-0.1, -0.05) is 33.6 Å². The summed E-state index contributed by atoms with van der Waals surface area (Å²) in [6.07, 6.45) is 2.12. The molecule has 3 heteroatoms. The molecule has 11 heavy (non-hydrogen) atoms. The number of rotatable bonds is 4. The molecule has 3 nitrogen and oxygen atoms in total. The second-order valence-corrected chi connectivity index (χ2v) is 2.99. The molecule has 0 saturated carbocycles. The highest BCUT2D eigenvalue weighted by molar-refractivity contribution is 5.71. The molecule has 0 aromatic heterocycles. The fourth-order valence-corrected chi connectivity index (χ4v) is 1.04. The van der Waals surface area contributed by atoms with Crippen molar-refractivity contribution in [3.8, 4) is 0 Å². The molecule has 0 bridgehead atoms. The summed E-state index contributed by atoms with van der Waals surface area (Å²) >= 11 is 0. The van der Waals surface area contributed by atoms with E-state index in [0.29, 0.717) is 5.92 Å². The van der Waals surface area contributed by atoms with Gasteiger partial charge in [0.15, 0.2) is 0 Å². The summed E-state index contributed by atoms with van der Waals surface area (Å²) in [5, 5.41) is 0. The van der Waals surface area contributed by atoms with E-state index in [2.05, 4.69) is 11.8 Å². The molecule has 0 radical (unpaired) electrons. The highest BCUT2D eigenvalue weighted by Crippen LogP contribution is 2.17. The zero-order valence-electron chi connectivity index (χ0n) is 7.46. The molecule has 2 atom stereocenters. The Bertz CT molecular complexity index is 125. The van der Waals surface area contributed by atoms with Gasteiger partial charge in [0.05, 0.1) is 5.92 Å². The van der Waals surface area contributed by atoms with Crippen LogP contribution in [0.3, 0.4) is 0 Å². The van der Waals surface area contributed by atoms with E-state index < -0.39 is 0 Å². The Hall–Kier alpha value is -0.570. The summed E-state index contributed by atoms with van der Waals surface area (Å²) in [4.78, 5) is 15.0. The fraction of sp³-hybridized carbons (Fsp3) is 0.875. The van der Waals surface area contributed by atoms with Crippen LogP contribution in [0.1, 0.15) is 33.6 Å². The van der Waals surface area contributed by atoms with Crippen LogP contribution in [0.15, 0.2) is 0 Å². The second-order valence-electron chi connectivity index (χ2n) is 2.99. The molecule has 0 heterocycles. The first-order chi connectivity index (χ1) is 5.13. The van der Waals surface area contributed by atoms with Gasteiger partial charge in [0, 0.05) is 0 Å². The van der Waals surface area contributed by atoms with Crippen LogP contribution >= 0.6 is 0 Å². The first-order valence-electron chi connectivity index (χ1n) is 4.04. The quantitative estimate of drug-likeness (QED) is 0.632. The van der Waals surface area contributed by atoms with Gasteiger partial charge in [0.2, 0.25) is 0 Å². The molecule has 0 fully saturated rings. The predicted octanol–water partition coefficient (Wildman–Crippen LogP) is 1.48. The average Bonchev–Trinajstić information content (AvgIpc) is 2.02. The normalized spacial score (nSPS) is 15.6. The number of carbonyl (C=O) groups is 1. The van der Waals surface area contributed by atoms with E-state index in [1.807, 2.05) is 13.8 Å². The van der Waals surface area contributed by atoms with E-state index in [4.69, 9.17) is 5.90 Å². The zero-order chi connectivity index (χ0) is 8.85. The van der Waals surface area contributed by atoms with Gasteiger partial charge in [-0.15, -0.1) is 0 Å². The van der Waals surface area contributed by atoms with Crippen LogP contribution in [0.5, 0.6) is 0 Å². The smallest absolute Gasteiger partial charge is 0.327 e. The standard InChI is InChI=1S/C8H17NO2/c1-4-5-6(2)7(3)8(10)11-9/h6-7H,4-5,9H2,1-3H3. The maximum absolute atomic E-state index is 10.9. The van der Waals surface area contributed by atoms with E-state index in [1.54, 1.807) is 0 Å². The van der Waals surface area contributed by atoms with Gasteiger partial charge in [-0.2, -0.15) is 5.90 Å². The van der Waals surface area contributed by atoms with Gasteiger partial charge in [-0.3, -0.25) is 4.79 Å². The maximum Gasteiger partial charge on any atom is 0.327 e. The Kier molecular flexibility index (Phi) is 4.86. The molecule has 0 aromatic carbocycles. The summed E-state index contributed by atoms with van der Waals surface area (Å²) in [7, 11) is 0. The lowest BCUT2D eigenvalue weighted by molar-refractivity contribution is -0.150. The van der Waals surface area contributed by atoms with Gasteiger partial charge >= 0.3 is 5.97 Å². The maximum atomic E-state index is 10.9. The lowest BCUT2D eigenvalue weighted by atomic mass is 9.92. The van der Waals surface area contributed by atoms with Crippen LogP contribution in [0.2, 0.25) is 0 Å². The Balaban J connectivity index is 3.80. The number of hydrogen-bond acceptors (Lipinski definition) is 3. The van der Waals surface area contributed by atoms with Crippen LogP contribution in [0.25, 0.3) is 0 Å². The second kappa shape index (κ2) is 5.13. The van der Waals surface area contributed by atoms with Crippen LogP contribution in [-0.2, 0) is 9.63 Å². The topological polar surface area (TPSA) is 52.3 Å². The third-order valence-corrected chi connectivity index (χ3v) is 2.09.